The lowest BCUT2D eigenvalue weighted by Crippen LogP contribution is -2.14. The molecule has 0 radical (unpaired) electrons. The molecule has 0 saturated carbocycles. The van der Waals surface area contributed by atoms with Crippen molar-refractivity contribution in [3.63, 3.8) is 0 Å². The van der Waals surface area contributed by atoms with E-state index in [1.165, 1.54) is 5.56 Å². The van der Waals surface area contributed by atoms with E-state index in [9.17, 15) is 0 Å². The first kappa shape index (κ1) is 11.9. The van der Waals surface area contributed by atoms with E-state index in [0.717, 1.165) is 11.5 Å². The third kappa shape index (κ3) is 2.45. The zero-order valence-electron chi connectivity index (χ0n) is 10.1. The maximum Gasteiger partial charge on any atom is 0.147 e. The number of aryl methyl sites for hydroxylation is 1. The molecule has 1 heterocycles. The monoisotopic (exact) mass is 208 g/mol. The number of rotatable bonds is 3. The fourth-order valence-corrected chi connectivity index (χ4v) is 1.69. The minimum atomic E-state index is -0.128. The number of nitrogens with zero attached hydrogens (tertiary/aromatic N) is 2. The normalized spacial score (nSPS) is 13.0. The van der Waals surface area contributed by atoms with Crippen molar-refractivity contribution in [3.8, 4) is 0 Å². The fourth-order valence-electron chi connectivity index (χ4n) is 1.69. The van der Waals surface area contributed by atoms with Crippen LogP contribution in [0.15, 0.2) is 0 Å². The van der Waals surface area contributed by atoms with Gasteiger partial charge in [-0.3, -0.25) is 0 Å². The van der Waals surface area contributed by atoms with E-state index >= 15 is 0 Å². The number of nitrogens with two attached hydrogens (primary N) is 1. The van der Waals surface area contributed by atoms with Crippen LogP contribution in [0.3, 0.4) is 0 Å². The molecule has 1 aromatic rings. The van der Waals surface area contributed by atoms with Crippen LogP contribution in [0, 0.1) is 6.92 Å². The molecule has 0 saturated heterocycles. The summed E-state index contributed by atoms with van der Waals surface area (Å²) in [5.74, 6) is 2.00. The minimum absolute atomic E-state index is 0.128. The van der Waals surface area contributed by atoms with Crippen LogP contribution in [0.5, 0.6) is 0 Å². The number of hydrogen-bond donors (Lipinski definition) is 2. The lowest BCUT2D eigenvalue weighted by Gasteiger charge is -2.16. The molecule has 0 fully saturated rings. The van der Waals surface area contributed by atoms with Crippen LogP contribution in [0.4, 0.5) is 5.82 Å². The maximum absolute atomic E-state index is 5.78. The van der Waals surface area contributed by atoms with Crippen molar-refractivity contribution in [2.45, 2.75) is 39.7 Å². The summed E-state index contributed by atoms with van der Waals surface area (Å²) < 4.78 is 0. The molecular weight excluding hydrogens is 188 g/mol. The molecule has 1 rings (SSSR count). The first-order valence-electron chi connectivity index (χ1n) is 5.29. The Hall–Kier alpha value is -1.16. The summed E-state index contributed by atoms with van der Waals surface area (Å²) in [6.45, 7) is 8.17. The Balaban J connectivity index is 3.31. The average molecular weight is 208 g/mol. The number of hydrogen-bond acceptors (Lipinski definition) is 4. The second-order valence-corrected chi connectivity index (χ2v) is 4.12. The van der Waals surface area contributed by atoms with Gasteiger partial charge in [0.15, 0.2) is 0 Å². The van der Waals surface area contributed by atoms with E-state index in [0.29, 0.717) is 11.7 Å². The van der Waals surface area contributed by atoms with Crippen LogP contribution in [-0.2, 0) is 0 Å². The van der Waals surface area contributed by atoms with Crippen LogP contribution < -0.4 is 11.1 Å². The standard InChI is InChI=1S/C11H20N4/c1-6(2)9-8(4)14-10(7(3)12)15-11(9)13-5/h6-7H,12H2,1-5H3,(H,13,14,15). The van der Waals surface area contributed by atoms with Gasteiger partial charge in [0.25, 0.3) is 0 Å². The van der Waals surface area contributed by atoms with Crippen LogP contribution in [0.25, 0.3) is 0 Å². The molecule has 3 N–H and O–H groups in total. The van der Waals surface area contributed by atoms with Gasteiger partial charge in [-0.15, -0.1) is 0 Å². The number of anilines is 1. The molecule has 15 heavy (non-hydrogen) atoms. The molecule has 4 heteroatoms. The Labute approximate surface area is 91.3 Å². The van der Waals surface area contributed by atoms with Gasteiger partial charge in [0, 0.05) is 18.3 Å². The summed E-state index contributed by atoms with van der Waals surface area (Å²) in [4.78, 5) is 8.85. The lowest BCUT2D eigenvalue weighted by molar-refractivity contribution is 0.719. The van der Waals surface area contributed by atoms with E-state index in [1.54, 1.807) is 0 Å². The van der Waals surface area contributed by atoms with Crippen molar-refractivity contribution in [3.05, 3.63) is 17.1 Å². The fraction of sp³-hybridized carbons (Fsp3) is 0.636. The van der Waals surface area contributed by atoms with Crippen LogP contribution in [0.1, 0.15) is 49.8 Å². The topological polar surface area (TPSA) is 63.8 Å². The number of nitrogens with one attached hydrogen (secondary N) is 1. The molecule has 0 amide bonds. The van der Waals surface area contributed by atoms with E-state index in [4.69, 9.17) is 5.73 Å². The first-order chi connectivity index (χ1) is 6.97. The second kappa shape index (κ2) is 4.57. The number of aromatic nitrogens is 2. The molecule has 4 nitrogen and oxygen atoms in total. The van der Waals surface area contributed by atoms with Gasteiger partial charge in [0.2, 0.25) is 0 Å². The lowest BCUT2D eigenvalue weighted by atomic mass is 10.0. The van der Waals surface area contributed by atoms with Crippen molar-refractivity contribution in [2.24, 2.45) is 5.73 Å². The van der Waals surface area contributed by atoms with Crippen LogP contribution in [0.2, 0.25) is 0 Å². The van der Waals surface area contributed by atoms with Gasteiger partial charge >= 0.3 is 0 Å². The predicted octanol–water partition coefficient (Wildman–Crippen LogP) is 1.97. The van der Waals surface area contributed by atoms with Crippen molar-refractivity contribution in [1.29, 1.82) is 0 Å². The Morgan fingerprint density at radius 2 is 1.80 bits per heavy atom. The first-order valence-corrected chi connectivity index (χ1v) is 5.29. The molecule has 0 aliphatic rings. The maximum atomic E-state index is 5.78. The van der Waals surface area contributed by atoms with Gasteiger partial charge in [-0.05, 0) is 19.8 Å². The Morgan fingerprint density at radius 1 is 1.20 bits per heavy atom. The molecule has 0 aliphatic heterocycles. The van der Waals surface area contributed by atoms with E-state index in [1.807, 2.05) is 20.9 Å². The highest BCUT2D eigenvalue weighted by atomic mass is 15.0. The molecule has 84 valence electrons. The zero-order valence-corrected chi connectivity index (χ0v) is 10.1. The minimum Gasteiger partial charge on any atom is -0.373 e. The van der Waals surface area contributed by atoms with Crippen LogP contribution in [-0.4, -0.2) is 17.0 Å². The third-order valence-corrected chi connectivity index (χ3v) is 2.37. The Kier molecular flexibility index (Phi) is 3.63. The largest absolute Gasteiger partial charge is 0.373 e. The summed E-state index contributed by atoms with van der Waals surface area (Å²) in [5, 5.41) is 3.11. The quantitative estimate of drug-likeness (QED) is 0.797. The summed E-state index contributed by atoms with van der Waals surface area (Å²) in [6.07, 6.45) is 0. The van der Waals surface area contributed by atoms with Gasteiger partial charge in [-0.1, -0.05) is 13.8 Å². The van der Waals surface area contributed by atoms with Crippen molar-refractivity contribution in [2.75, 3.05) is 12.4 Å². The molecule has 1 atom stereocenters. The Morgan fingerprint density at radius 3 is 2.20 bits per heavy atom. The van der Waals surface area contributed by atoms with Gasteiger partial charge < -0.3 is 11.1 Å². The molecule has 0 spiro atoms. The molecule has 0 bridgehead atoms. The Bertz CT molecular complexity index is 345. The molecular formula is C11H20N4. The molecule has 1 aromatic heterocycles. The smallest absolute Gasteiger partial charge is 0.147 e. The predicted molar refractivity (Wildman–Crippen MR) is 63.0 cm³/mol. The van der Waals surface area contributed by atoms with Crippen molar-refractivity contribution < 1.29 is 0 Å². The van der Waals surface area contributed by atoms with E-state index in [-0.39, 0.29) is 6.04 Å². The highest BCUT2D eigenvalue weighted by Crippen LogP contribution is 2.25. The van der Waals surface area contributed by atoms with Gasteiger partial charge in [-0.25, -0.2) is 9.97 Å². The molecule has 1 unspecified atom stereocenters. The molecule has 0 aromatic carbocycles. The summed E-state index contributed by atoms with van der Waals surface area (Å²) in [7, 11) is 1.87. The van der Waals surface area contributed by atoms with Gasteiger partial charge in [0.1, 0.15) is 11.6 Å². The third-order valence-electron chi connectivity index (χ3n) is 2.37. The van der Waals surface area contributed by atoms with Gasteiger partial charge in [0.05, 0.1) is 6.04 Å². The van der Waals surface area contributed by atoms with Gasteiger partial charge in [-0.2, -0.15) is 0 Å². The SMILES string of the molecule is CNc1nc(C(C)N)nc(C)c1C(C)C. The summed E-state index contributed by atoms with van der Waals surface area (Å²) >= 11 is 0. The average Bonchev–Trinajstić information content (AvgIpc) is 2.15. The highest BCUT2D eigenvalue weighted by Gasteiger charge is 2.15. The van der Waals surface area contributed by atoms with E-state index in [2.05, 4.69) is 29.1 Å². The molecule has 0 aliphatic carbocycles. The zero-order chi connectivity index (χ0) is 11.6. The van der Waals surface area contributed by atoms with Crippen LogP contribution >= 0.6 is 0 Å². The van der Waals surface area contributed by atoms with Crippen molar-refractivity contribution in [1.82, 2.24) is 9.97 Å². The summed E-state index contributed by atoms with van der Waals surface area (Å²) in [5.41, 5.74) is 7.96. The second-order valence-electron chi connectivity index (χ2n) is 4.12. The van der Waals surface area contributed by atoms with Crippen molar-refractivity contribution >= 4 is 5.82 Å². The van der Waals surface area contributed by atoms with E-state index < -0.39 is 0 Å². The highest BCUT2D eigenvalue weighted by molar-refractivity contribution is 5.48. The summed E-state index contributed by atoms with van der Waals surface area (Å²) in [6, 6.07) is -0.128.